The molecule has 0 aromatic heterocycles. The summed E-state index contributed by atoms with van der Waals surface area (Å²) in [5, 5.41) is 0. The van der Waals surface area contributed by atoms with Gasteiger partial charge < -0.3 is 9.64 Å². The summed E-state index contributed by atoms with van der Waals surface area (Å²) >= 11 is 0. The molecule has 0 atom stereocenters. The summed E-state index contributed by atoms with van der Waals surface area (Å²) in [7, 11) is 0. The highest BCUT2D eigenvalue weighted by atomic mass is 16.5. The van der Waals surface area contributed by atoms with Gasteiger partial charge in [-0.2, -0.15) is 0 Å². The molecular formula is C18H25NO2. The molecule has 21 heavy (non-hydrogen) atoms. The molecule has 0 aliphatic heterocycles. The molecule has 0 saturated heterocycles. The SMILES string of the molecule is CC(C)c1ccc(OCC(=O)N(CC2CC2)C2CC2)cc1. The van der Waals surface area contributed by atoms with E-state index in [0.29, 0.717) is 12.0 Å². The van der Waals surface area contributed by atoms with E-state index in [9.17, 15) is 4.79 Å². The summed E-state index contributed by atoms with van der Waals surface area (Å²) in [6, 6.07) is 8.57. The van der Waals surface area contributed by atoms with E-state index in [1.165, 1.54) is 31.2 Å². The third-order valence-corrected chi connectivity index (χ3v) is 4.37. The van der Waals surface area contributed by atoms with Gasteiger partial charge in [-0.15, -0.1) is 0 Å². The zero-order valence-corrected chi connectivity index (χ0v) is 13.0. The lowest BCUT2D eigenvalue weighted by molar-refractivity contribution is -0.134. The van der Waals surface area contributed by atoms with Crippen molar-refractivity contribution in [2.75, 3.05) is 13.2 Å². The smallest absolute Gasteiger partial charge is 0.260 e. The van der Waals surface area contributed by atoms with Crippen LogP contribution in [0.5, 0.6) is 5.75 Å². The number of carbonyl (C=O) groups excluding carboxylic acids is 1. The van der Waals surface area contributed by atoms with Crippen molar-refractivity contribution in [3.05, 3.63) is 29.8 Å². The first-order chi connectivity index (χ1) is 10.1. The molecule has 1 amide bonds. The second-order valence-electron chi connectivity index (χ2n) is 6.73. The van der Waals surface area contributed by atoms with Crippen molar-refractivity contribution >= 4 is 5.91 Å². The van der Waals surface area contributed by atoms with Gasteiger partial charge in [0.1, 0.15) is 5.75 Å². The molecule has 2 aliphatic rings. The normalized spacial score (nSPS) is 17.9. The Morgan fingerprint density at radius 3 is 2.38 bits per heavy atom. The van der Waals surface area contributed by atoms with Crippen molar-refractivity contribution in [3.63, 3.8) is 0 Å². The zero-order chi connectivity index (χ0) is 14.8. The van der Waals surface area contributed by atoms with Gasteiger partial charge in [0.25, 0.3) is 5.91 Å². The van der Waals surface area contributed by atoms with Crippen LogP contribution in [0, 0.1) is 5.92 Å². The van der Waals surface area contributed by atoms with Crippen molar-refractivity contribution in [1.82, 2.24) is 4.90 Å². The van der Waals surface area contributed by atoms with Gasteiger partial charge in [0, 0.05) is 12.6 Å². The maximum absolute atomic E-state index is 12.3. The molecule has 0 heterocycles. The molecule has 3 heteroatoms. The van der Waals surface area contributed by atoms with Crippen LogP contribution in [0.4, 0.5) is 0 Å². The number of amides is 1. The van der Waals surface area contributed by atoms with E-state index >= 15 is 0 Å². The van der Waals surface area contributed by atoms with E-state index in [1.807, 2.05) is 12.1 Å². The molecule has 3 rings (SSSR count). The largest absolute Gasteiger partial charge is 0.484 e. The summed E-state index contributed by atoms with van der Waals surface area (Å²) in [5.41, 5.74) is 1.29. The Balaban J connectivity index is 1.51. The van der Waals surface area contributed by atoms with Crippen LogP contribution >= 0.6 is 0 Å². The molecule has 2 fully saturated rings. The average molecular weight is 287 g/mol. The Labute approximate surface area is 127 Å². The van der Waals surface area contributed by atoms with Crippen LogP contribution in [-0.2, 0) is 4.79 Å². The number of rotatable bonds is 7. The molecule has 3 nitrogen and oxygen atoms in total. The third-order valence-electron chi connectivity index (χ3n) is 4.37. The van der Waals surface area contributed by atoms with Crippen LogP contribution in [0.15, 0.2) is 24.3 Å². The van der Waals surface area contributed by atoms with Gasteiger partial charge in [-0.1, -0.05) is 26.0 Å². The van der Waals surface area contributed by atoms with Gasteiger partial charge in [0.15, 0.2) is 6.61 Å². The van der Waals surface area contributed by atoms with Crippen LogP contribution in [0.3, 0.4) is 0 Å². The van der Waals surface area contributed by atoms with Crippen LogP contribution in [-0.4, -0.2) is 30.0 Å². The first kappa shape index (κ1) is 14.4. The molecular weight excluding hydrogens is 262 g/mol. The molecule has 0 radical (unpaired) electrons. The standard InChI is InChI=1S/C18H25NO2/c1-13(2)15-5-9-17(10-6-15)21-12-18(20)19(16-7-8-16)11-14-3-4-14/h5-6,9-10,13-14,16H,3-4,7-8,11-12H2,1-2H3. The molecule has 0 unspecified atom stereocenters. The minimum atomic E-state index is 0.150. The van der Waals surface area contributed by atoms with Gasteiger partial charge in [0.05, 0.1) is 0 Å². The van der Waals surface area contributed by atoms with Crippen molar-refractivity contribution in [1.29, 1.82) is 0 Å². The lowest BCUT2D eigenvalue weighted by atomic mass is 10.0. The fourth-order valence-electron chi connectivity index (χ4n) is 2.60. The Morgan fingerprint density at radius 2 is 1.86 bits per heavy atom. The van der Waals surface area contributed by atoms with E-state index in [1.54, 1.807) is 0 Å². The van der Waals surface area contributed by atoms with Crippen molar-refractivity contribution in [2.45, 2.75) is 51.5 Å². The van der Waals surface area contributed by atoms with Crippen LogP contribution < -0.4 is 4.74 Å². The van der Waals surface area contributed by atoms with E-state index < -0.39 is 0 Å². The Kier molecular flexibility index (Phi) is 4.18. The quantitative estimate of drug-likeness (QED) is 0.767. The predicted octanol–water partition coefficient (Wildman–Crippen LogP) is 3.59. The zero-order valence-electron chi connectivity index (χ0n) is 13.0. The maximum Gasteiger partial charge on any atom is 0.260 e. The maximum atomic E-state index is 12.3. The van der Waals surface area contributed by atoms with Crippen LogP contribution in [0.1, 0.15) is 51.0 Å². The van der Waals surface area contributed by atoms with E-state index in [-0.39, 0.29) is 12.5 Å². The monoisotopic (exact) mass is 287 g/mol. The Bertz CT molecular complexity index is 486. The molecule has 1 aromatic rings. The summed E-state index contributed by atoms with van der Waals surface area (Å²) in [5.74, 6) is 2.21. The fourth-order valence-corrected chi connectivity index (χ4v) is 2.60. The molecule has 2 aliphatic carbocycles. The highest BCUT2D eigenvalue weighted by Crippen LogP contribution is 2.34. The molecule has 0 N–H and O–H groups in total. The Morgan fingerprint density at radius 1 is 1.19 bits per heavy atom. The van der Waals surface area contributed by atoms with Crippen molar-refractivity contribution < 1.29 is 9.53 Å². The van der Waals surface area contributed by atoms with Crippen LogP contribution in [0.25, 0.3) is 0 Å². The third kappa shape index (κ3) is 3.99. The van der Waals surface area contributed by atoms with E-state index in [2.05, 4.69) is 30.9 Å². The van der Waals surface area contributed by atoms with Gasteiger partial charge in [-0.25, -0.2) is 0 Å². The van der Waals surface area contributed by atoms with Gasteiger partial charge in [-0.3, -0.25) is 4.79 Å². The number of nitrogens with zero attached hydrogens (tertiary/aromatic N) is 1. The average Bonchev–Trinajstić information content (AvgIpc) is 3.36. The fraction of sp³-hybridized carbons (Fsp3) is 0.611. The highest BCUT2D eigenvalue weighted by molar-refractivity contribution is 5.78. The molecule has 114 valence electrons. The predicted molar refractivity (Wildman–Crippen MR) is 83.5 cm³/mol. The topological polar surface area (TPSA) is 29.5 Å². The summed E-state index contributed by atoms with van der Waals surface area (Å²) < 4.78 is 5.67. The number of hydrogen-bond acceptors (Lipinski definition) is 2. The molecule has 0 bridgehead atoms. The second kappa shape index (κ2) is 6.08. The lowest BCUT2D eigenvalue weighted by Gasteiger charge is -2.22. The minimum absolute atomic E-state index is 0.150. The Hall–Kier alpha value is -1.51. The minimum Gasteiger partial charge on any atom is -0.484 e. The first-order valence-corrected chi connectivity index (χ1v) is 8.15. The van der Waals surface area contributed by atoms with Crippen LogP contribution in [0.2, 0.25) is 0 Å². The number of benzene rings is 1. The first-order valence-electron chi connectivity index (χ1n) is 8.15. The summed E-state index contributed by atoms with van der Waals surface area (Å²) in [4.78, 5) is 14.4. The molecule has 2 saturated carbocycles. The van der Waals surface area contributed by atoms with Gasteiger partial charge in [-0.05, 0) is 55.2 Å². The number of hydrogen-bond donors (Lipinski definition) is 0. The number of ether oxygens (including phenoxy) is 1. The van der Waals surface area contributed by atoms with Gasteiger partial charge in [0.2, 0.25) is 0 Å². The lowest BCUT2D eigenvalue weighted by Crippen LogP contribution is -2.38. The molecule has 0 spiro atoms. The van der Waals surface area contributed by atoms with E-state index in [4.69, 9.17) is 4.74 Å². The van der Waals surface area contributed by atoms with Gasteiger partial charge >= 0.3 is 0 Å². The summed E-state index contributed by atoms with van der Waals surface area (Å²) in [6.07, 6.45) is 4.91. The number of carbonyl (C=O) groups is 1. The second-order valence-corrected chi connectivity index (χ2v) is 6.73. The van der Waals surface area contributed by atoms with E-state index in [0.717, 1.165) is 18.2 Å². The highest BCUT2D eigenvalue weighted by Gasteiger charge is 2.36. The molecule has 1 aromatic carbocycles. The summed E-state index contributed by atoms with van der Waals surface area (Å²) in [6.45, 7) is 5.46. The van der Waals surface area contributed by atoms with Crippen molar-refractivity contribution in [3.8, 4) is 5.75 Å². The van der Waals surface area contributed by atoms with Crippen molar-refractivity contribution in [2.24, 2.45) is 5.92 Å².